The van der Waals surface area contributed by atoms with E-state index < -0.39 is 0 Å². The predicted molar refractivity (Wildman–Crippen MR) is 98.2 cm³/mol. The molecule has 138 valence electrons. The van der Waals surface area contributed by atoms with Gasteiger partial charge in [-0.15, -0.1) is 10.2 Å². The van der Waals surface area contributed by atoms with Crippen molar-refractivity contribution in [3.05, 3.63) is 40.9 Å². The summed E-state index contributed by atoms with van der Waals surface area (Å²) in [6.07, 6.45) is 6.41. The number of para-hydroxylation sites is 1. The van der Waals surface area contributed by atoms with Crippen LogP contribution in [0.5, 0.6) is 5.75 Å². The molecule has 1 unspecified atom stereocenters. The average molecular weight is 375 g/mol. The van der Waals surface area contributed by atoms with Gasteiger partial charge in [-0.2, -0.15) is 0 Å². The van der Waals surface area contributed by atoms with Crippen LogP contribution in [0.15, 0.2) is 24.3 Å². The summed E-state index contributed by atoms with van der Waals surface area (Å²) in [7, 11) is 0. The number of fused-ring (bicyclic) bond motifs is 1. The molecule has 0 spiro atoms. The van der Waals surface area contributed by atoms with Crippen molar-refractivity contribution in [2.45, 2.75) is 51.1 Å². The maximum atomic E-state index is 12.8. The molecule has 4 rings (SSSR count). The zero-order valence-electron chi connectivity index (χ0n) is 14.7. The van der Waals surface area contributed by atoms with E-state index in [0.29, 0.717) is 10.8 Å². The molecule has 1 saturated heterocycles. The van der Waals surface area contributed by atoms with Crippen molar-refractivity contribution in [1.82, 2.24) is 19.7 Å². The van der Waals surface area contributed by atoms with E-state index in [1.807, 2.05) is 17.0 Å². The number of rotatable bonds is 4. The van der Waals surface area contributed by atoms with E-state index >= 15 is 0 Å². The van der Waals surface area contributed by atoms with Crippen molar-refractivity contribution in [2.75, 3.05) is 13.2 Å². The molecular formula is C19H23ClN4O2. The van der Waals surface area contributed by atoms with Crippen LogP contribution in [0.25, 0.3) is 0 Å². The summed E-state index contributed by atoms with van der Waals surface area (Å²) in [5.41, 5.74) is 0. The molecule has 0 bridgehead atoms. The van der Waals surface area contributed by atoms with Gasteiger partial charge < -0.3 is 14.2 Å². The summed E-state index contributed by atoms with van der Waals surface area (Å²) in [5.74, 6) is 2.50. The lowest BCUT2D eigenvalue weighted by Crippen LogP contribution is -2.35. The van der Waals surface area contributed by atoms with Crippen LogP contribution < -0.4 is 4.74 Å². The highest BCUT2D eigenvalue weighted by Crippen LogP contribution is 2.32. The molecule has 0 saturated carbocycles. The molecule has 0 radical (unpaired) electrons. The number of likely N-dealkylation sites (tertiary alicyclic amines) is 1. The minimum absolute atomic E-state index is 0.00306. The second kappa shape index (κ2) is 7.66. The summed E-state index contributed by atoms with van der Waals surface area (Å²) >= 11 is 6.10. The zero-order valence-corrected chi connectivity index (χ0v) is 15.5. The number of hydrogen-bond donors (Lipinski definition) is 0. The lowest BCUT2D eigenvalue weighted by Gasteiger charge is -2.24. The summed E-state index contributed by atoms with van der Waals surface area (Å²) in [5, 5.41) is 9.35. The molecule has 1 aromatic heterocycles. The second-order valence-electron chi connectivity index (χ2n) is 6.90. The summed E-state index contributed by atoms with van der Waals surface area (Å²) in [6, 6.07) is 7.21. The first-order chi connectivity index (χ1) is 12.7. The molecule has 2 aromatic rings. The summed E-state index contributed by atoms with van der Waals surface area (Å²) in [4.78, 5) is 14.7. The zero-order chi connectivity index (χ0) is 17.9. The topological polar surface area (TPSA) is 60.2 Å². The van der Waals surface area contributed by atoms with Gasteiger partial charge in [0.15, 0.2) is 12.4 Å². The fourth-order valence-corrected chi connectivity index (χ4v) is 4.06. The largest absolute Gasteiger partial charge is 0.482 e. The first kappa shape index (κ1) is 17.3. The van der Waals surface area contributed by atoms with Crippen LogP contribution in [-0.2, 0) is 17.8 Å². The van der Waals surface area contributed by atoms with E-state index in [-0.39, 0.29) is 18.6 Å². The van der Waals surface area contributed by atoms with E-state index in [0.717, 1.165) is 56.8 Å². The molecule has 1 atom stereocenters. The summed E-state index contributed by atoms with van der Waals surface area (Å²) in [6.45, 7) is 1.67. The van der Waals surface area contributed by atoms with Crippen molar-refractivity contribution in [3.63, 3.8) is 0 Å². The van der Waals surface area contributed by atoms with Crippen molar-refractivity contribution in [3.8, 4) is 5.75 Å². The Morgan fingerprint density at radius 2 is 2.04 bits per heavy atom. The maximum absolute atomic E-state index is 12.8. The van der Waals surface area contributed by atoms with Gasteiger partial charge in [0.2, 0.25) is 0 Å². The number of aromatic nitrogens is 3. The molecule has 1 amide bonds. The van der Waals surface area contributed by atoms with Crippen LogP contribution >= 0.6 is 11.6 Å². The number of aryl methyl sites for hydroxylation is 1. The molecule has 3 heterocycles. The third-order valence-electron chi connectivity index (χ3n) is 5.20. The second-order valence-corrected chi connectivity index (χ2v) is 7.31. The third-order valence-corrected chi connectivity index (χ3v) is 5.51. The van der Waals surface area contributed by atoms with Gasteiger partial charge in [-0.25, -0.2) is 0 Å². The average Bonchev–Trinajstić information content (AvgIpc) is 3.21. The Bertz CT molecular complexity index is 792. The fraction of sp³-hybridized carbons (Fsp3) is 0.526. The van der Waals surface area contributed by atoms with Crippen molar-refractivity contribution >= 4 is 17.5 Å². The Balaban J connectivity index is 1.47. The van der Waals surface area contributed by atoms with Gasteiger partial charge >= 0.3 is 0 Å². The molecule has 1 fully saturated rings. The third kappa shape index (κ3) is 3.43. The molecule has 2 aliphatic rings. The first-order valence-electron chi connectivity index (χ1n) is 9.33. The van der Waals surface area contributed by atoms with Crippen LogP contribution in [-0.4, -0.2) is 38.7 Å². The normalized spacial score (nSPS) is 19.9. The Morgan fingerprint density at radius 1 is 1.15 bits per heavy atom. The van der Waals surface area contributed by atoms with E-state index in [2.05, 4.69) is 14.8 Å². The number of halogens is 1. The summed E-state index contributed by atoms with van der Waals surface area (Å²) < 4.78 is 7.88. The predicted octanol–water partition coefficient (Wildman–Crippen LogP) is 3.40. The van der Waals surface area contributed by atoms with Gasteiger partial charge in [-0.1, -0.05) is 30.2 Å². The minimum Gasteiger partial charge on any atom is -0.482 e. The Kier molecular flexibility index (Phi) is 5.11. The lowest BCUT2D eigenvalue weighted by atomic mass is 10.2. The molecule has 26 heavy (non-hydrogen) atoms. The van der Waals surface area contributed by atoms with E-state index in [9.17, 15) is 4.79 Å². The number of carbonyl (C=O) groups is 1. The number of hydrogen-bond acceptors (Lipinski definition) is 4. The van der Waals surface area contributed by atoms with E-state index in [4.69, 9.17) is 16.3 Å². The molecule has 0 N–H and O–H groups in total. The van der Waals surface area contributed by atoms with Gasteiger partial charge in [-0.05, 0) is 37.8 Å². The number of ether oxygens (including phenoxy) is 1. The van der Waals surface area contributed by atoms with Crippen molar-refractivity contribution in [2.24, 2.45) is 0 Å². The van der Waals surface area contributed by atoms with Crippen LogP contribution in [0.4, 0.5) is 0 Å². The first-order valence-corrected chi connectivity index (χ1v) is 9.70. The van der Waals surface area contributed by atoms with Gasteiger partial charge in [0.25, 0.3) is 5.91 Å². The number of benzene rings is 1. The van der Waals surface area contributed by atoms with Crippen LogP contribution in [0, 0.1) is 0 Å². The van der Waals surface area contributed by atoms with Gasteiger partial charge in [0.1, 0.15) is 11.6 Å². The minimum atomic E-state index is -0.0293. The highest BCUT2D eigenvalue weighted by molar-refractivity contribution is 6.32. The van der Waals surface area contributed by atoms with Crippen LogP contribution in [0.1, 0.15) is 49.8 Å². The molecule has 6 nitrogen and oxygen atoms in total. The number of nitrogens with zero attached hydrogens (tertiary/aromatic N) is 4. The highest BCUT2D eigenvalue weighted by Gasteiger charge is 2.34. The molecular weight excluding hydrogens is 352 g/mol. The Hall–Kier alpha value is -2.08. The van der Waals surface area contributed by atoms with Crippen molar-refractivity contribution in [1.29, 1.82) is 0 Å². The van der Waals surface area contributed by atoms with Crippen LogP contribution in [0.2, 0.25) is 5.02 Å². The standard InChI is InChI=1S/C19H23ClN4O2/c20-14-7-3-4-9-16(14)26-13-18(25)23-12-6-8-15(23)19-22-21-17-10-2-1-5-11-24(17)19/h3-4,7,9,15H,1-2,5-6,8,10-13H2. The maximum Gasteiger partial charge on any atom is 0.261 e. The monoisotopic (exact) mass is 374 g/mol. The quantitative estimate of drug-likeness (QED) is 0.822. The van der Waals surface area contributed by atoms with E-state index in [1.54, 1.807) is 12.1 Å². The lowest BCUT2D eigenvalue weighted by molar-refractivity contribution is -0.134. The Labute approximate surface area is 158 Å². The molecule has 1 aromatic carbocycles. The molecule has 0 aliphatic carbocycles. The van der Waals surface area contributed by atoms with Gasteiger partial charge in [-0.3, -0.25) is 4.79 Å². The SMILES string of the molecule is O=C(COc1ccccc1Cl)N1CCCC1c1nnc2n1CCCCC2. The highest BCUT2D eigenvalue weighted by atomic mass is 35.5. The molecule has 2 aliphatic heterocycles. The molecule has 7 heteroatoms. The van der Waals surface area contributed by atoms with Crippen molar-refractivity contribution < 1.29 is 9.53 Å². The van der Waals surface area contributed by atoms with Gasteiger partial charge in [0.05, 0.1) is 11.1 Å². The fourth-order valence-electron chi connectivity index (χ4n) is 3.87. The smallest absolute Gasteiger partial charge is 0.261 e. The number of amides is 1. The van der Waals surface area contributed by atoms with Gasteiger partial charge in [0, 0.05) is 19.5 Å². The Morgan fingerprint density at radius 3 is 2.92 bits per heavy atom. The van der Waals surface area contributed by atoms with Crippen LogP contribution in [0.3, 0.4) is 0 Å². The van der Waals surface area contributed by atoms with E-state index in [1.165, 1.54) is 6.42 Å². The number of carbonyl (C=O) groups excluding carboxylic acids is 1.